The number of carbonyl (C=O) groups is 2. The number of furan rings is 1. The number of para-hydroxylation sites is 1. The van der Waals surface area contributed by atoms with E-state index in [-0.39, 0.29) is 17.3 Å². The van der Waals surface area contributed by atoms with Crippen LogP contribution >= 0.6 is 0 Å². The first kappa shape index (κ1) is 16.5. The summed E-state index contributed by atoms with van der Waals surface area (Å²) in [5.74, 6) is -1.28. The van der Waals surface area contributed by atoms with Gasteiger partial charge in [0.2, 0.25) is 5.76 Å². The monoisotopic (exact) mass is 351 g/mol. The number of sulfone groups is 1. The van der Waals surface area contributed by atoms with Crippen molar-refractivity contribution in [2.75, 3.05) is 11.5 Å². The molecular formula is C16H17NO6S. The van der Waals surface area contributed by atoms with E-state index in [0.29, 0.717) is 12.0 Å². The van der Waals surface area contributed by atoms with Crippen molar-refractivity contribution in [2.24, 2.45) is 0 Å². The van der Waals surface area contributed by atoms with E-state index in [2.05, 4.69) is 5.32 Å². The van der Waals surface area contributed by atoms with E-state index in [0.717, 1.165) is 5.39 Å². The van der Waals surface area contributed by atoms with Crippen LogP contribution in [0, 0.1) is 0 Å². The van der Waals surface area contributed by atoms with Crippen LogP contribution < -0.4 is 5.32 Å². The minimum atomic E-state index is -3.09. The second-order valence-corrected chi connectivity index (χ2v) is 8.03. The Morgan fingerprint density at radius 2 is 2.08 bits per heavy atom. The highest BCUT2D eigenvalue weighted by atomic mass is 32.2. The van der Waals surface area contributed by atoms with Gasteiger partial charge in [-0.25, -0.2) is 13.2 Å². The number of hydrogen-bond acceptors (Lipinski definition) is 6. The van der Waals surface area contributed by atoms with Crippen LogP contribution in [0.3, 0.4) is 0 Å². The summed E-state index contributed by atoms with van der Waals surface area (Å²) in [6, 6.07) is 8.24. The van der Waals surface area contributed by atoms with E-state index < -0.39 is 33.9 Å². The highest BCUT2D eigenvalue weighted by Crippen LogP contribution is 2.20. The zero-order chi connectivity index (χ0) is 17.3. The lowest BCUT2D eigenvalue weighted by Crippen LogP contribution is -2.42. The maximum atomic E-state index is 12.1. The number of ether oxygens (including phenoxy) is 1. The number of benzene rings is 1. The minimum Gasteiger partial charge on any atom is -0.449 e. The number of esters is 1. The maximum absolute atomic E-state index is 12.1. The first-order valence-electron chi connectivity index (χ1n) is 7.54. The van der Waals surface area contributed by atoms with Crippen LogP contribution in [0.2, 0.25) is 0 Å². The molecule has 128 valence electrons. The number of amides is 1. The molecule has 0 bridgehead atoms. The molecule has 1 amide bonds. The van der Waals surface area contributed by atoms with Gasteiger partial charge in [0.05, 0.1) is 11.5 Å². The summed E-state index contributed by atoms with van der Waals surface area (Å²) in [7, 11) is -3.09. The molecule has 8 heteroatoms. The molecule has 2 aromatic rings. The second-order valence-electron chi connectivity index (χ2n) is 5.80. The lowest BCUT2D eigenvalue weighted by Gasteiger charge is -2.15. The molecule has 0 spiro atoms. The average Bonchev–Trinajstić information content (AvgIpc) is 3.10. The van der Waals surface area contributed by atoms with Gasteiger partial charge in [-0.15, -0.1) is 0 Å². The smallest absolute Gasteiger partial charge is 0.375 e. The summed E-state index contributed by atoms with van der Waals surface area (Å²) in [5, 5.41) is 3.35. The highest BCUT2D eigenvalue weighted by Gasteiger charge is 2.31. The molecule has 1 aromatic heterocycles. The maximum Gasteiger partial charge on any atom is 0.375 e. The Labute approximate surface area is 138 Å². The molecule has 1 N–H and O–H groups in total. The van der Waals surface area contributed by atoms with Crippen molar-refractivity contribution < 1.29 is 27.2 Å². The zero-order valence-corrected chi connectivity index (χ0v) is 13.8. The molecule has 24 heavy (non-hydrogen) atoms. The van der Waals surface area contributed by atoms with Gasteiger partial charge >= 0.3 is 5.97 Å². The largest absolute Gasteiger partial charge is 0.449 e. The van der Waals surface area contributed by atoms with Gasteiger partial charge in [0.1, 0.15) is 5.58 Å². The third kappa shape index (κ3) is 3.59. The van der Waals surface area contributed by atoms with E-state index in [1.165, 1.54) is 6.92 Å². The molecule has 0 aliphatic carbocycles. The number of rotatable bonds is 4. The molecule has 2 atom stereocenters. The average molecular weight is 351 g/mol. The Morgan fingerprint density at radius 1 is 1.33 bits per heavy atom. The summed E-state index contributed by atoms with van der Waals surface area (Å²) in [4.78, 5) is 24.1. The van der Waals surface area contributed by atoms with Gasteiger partial charge in [-0.2, -0.15) is 0 Å². The van der Waals surface area contributed by atoms with Gasteiger partial charge < -0.3 is 14.5 Å². The van der Waals surface area contributed by atoms with Crippen LogP contribution in [-0.2, 0) is 19.4 Å². The van der Waals surface area contributed by atoms with Crippen molar-refractivity contribution in [3.05, 3.63) is 36.1 Å². The highest BCUT2D eigenvalue weighted by molar-refractivity contribution is 7.91. The molecule has 1 aromatic carbocycles. The second kappa shape index (κ2) is 6.27. The van der Waals surface area contributed by atoms with Gasteiger partial charge in [0.25, 0.3) is 5.91 Å². The van der Waals surface area contributed by atoms with Crippen molar-refractivity contribution in [3.63, 3.8) is 0 Å². The normalized spacial score (nSPS) is 20.6. The fourth-order valence-corrected chi connectivity index (χ4v) is 4.26. The predicted octanol–water partition coefficient (Wildman–Crippen LogP) is 1.28. The third-order valence-electron chi connectivity index (χ3n) is 3.86. The molecule has 1 aliphatic heterocycles. The Kier molecular flexibility index (Phi) is 4.31. The molecule has 0 radical (unpaired) electrons. The van der Waals surface area contributed by atoms with Gasteiger partial charge in [-0.05, 0) is 25.5 Å². The first-order chi connectivity index (χ1) is 11.3. The van der Waals surface area contributed by atoms with E-state index in [1.54, 1.807) is 24.3 Å². The van der Waals surface area contributed by atoms with Gasteiger partial charge in [-0.1, -0.05) is 18.2 Å². The summed E-state index contributed by atoms with van der Waals surface area (Å²) < 4.78 is 33.3. The summed E-state index contributed by atoms with van der Waals surface area (Å²) in [6.45, 7) is 1.43. The predicted molar refractivity (Wildman–Crippen MR) is 86.3 cm³/mol. The standard InChI is InChI=1S/C16H17NO6S/c1-10(15(18)17-12-6-7-24(20,21)9-12)22-16(19)14-8-11-4-2-3-5-13(11)23-14/h2-5,8,10,12H,6-7,9H2,1H3,(H,17,18)/t10-,12+/m1/s1. The number of carbonyl (C=O) groups excluding carboxylic acids is 2. The van der Waals surface area contributed by atoms with Crippen LogP contribution in [0.4, 0.5) is 0 Å². The van der Waals surface area contributed by atoms with Crippen molar-refractivity contribution >= 4 is 32.7 Å². The van der Waals surface area contributed by atoms with Crippen LogP contribution in [0.15, 0.2) is 34.7 Å². The van der Waals surface area contributed by atoms with E-state index in [4.69, 9.17) is 9.15 Å². The lowest BCUT2D eigenvalue weighted by molar-refractivity contribution is -0.129. The third-order valence-corrected chi connectivity index (χ3v) is 5.63. The minimum absolute atomic E-state index is 0.0132. The molecule has 2 heterocycles. The van der Waals surface area contributed by atoms with E-state index in [9.17, 15) is 18.0 Å². The quantitative estimate of drug-likeness (QED) is 0.833. The topological polar surface area (TPSA) is 103 Å². The SMILES string of the molecule is C[C@@H](OC(=O)c1cc2ccccc2o1)C(=O)N[C@H]1CCS(=O)(=O)C1. The lowest BCUT2D eigenvalue weighted by atomic mass is 10.2. The molecule has 1 aliphatic rings. The van der Waals surface area contributed by atoms with Crippen LogP contribution in [-0.4, -0.2) is 43.9 Å². The summed E-state index contributed by atoms with van der Waals surface area (Å²) >= 11 is 0. The molecule has 7 nitrogen and oxygen atoms in total. The molecule has 3 rings (SSSR count). The van der Waals surface area contributed by atoms with Crippen LogP contribution in [0.25, 0.3) is 11.0 Å². The van der Waals surface area contributed by atoms with Crippen molar-refractivity contribution in [3.8, 4) is 0 Å². The molecule has 0 saturated carbocycles. The molecule has 1 fully saturated rings. The fourth-order valence-electron chi connectivity index (χ4n) is 2.58. The van der Waals surface area contributed by atoms with Crippen molar-refractivity contribution in [1.82, 2.24) is 5.32 Å². The number of fused-ring (bicyclic) bond motifs is 1. The van der Waals surface area contributed by atoms with Crippen LogP contribution in [0.5, 0.6) is 0 Å². The van der Waals surface area contributed by atoms with Gasteiger partial charge in [0, 0.05) is 11.4 Å². The molecule has 0 unspecified atom stereocenters. The first-order valence-corrected chi connectivity index (χ1v) is 9.36. The Hall–Kier alpha value is -2.35. The zero-order valence-electron chi connectivity index (χ0n) is 13.0. The summed E-state index contributed by atoms with van der Waals surface area (Å²) in [5.41, 5.74) is 0.553. The Balaban J connectivity index is 1.60. The summed E-state index contributed by atoms with van der Waals surface area (Å²) in [6.07, 6.45) is -0.674. The van der Waals surface area contributed by atoms with E-state index in [1.807, 2.05) is 6.07 Å². The Bertz CT molecular complexity index is 852. The van der Waals surface area contributed by atoms with Crippen molar-refractivity contribution in [1.29, 1.82) is 0 Å². The van der Waals surface area contributed by atoms with Gasteiger partial charge in [0.15, 0.2) is 15.9 Å². The number of nitrogens with one attached hydrogen (secondary N) is 1. The molecule has 1 saturated heterocycles. The van der Waals surface area contributed by atoms with Crippen molar-refractivity contribution in [2.45, 2.75) is 25.5 Å². The molecular weight excluding hydrogens is 334 g/mol. The number of hydrogen-bond donors (Lipinski definition) is 1. The Morgan fingerprint density at radius 3 is 2.75 bits per heavy atom. The van der Waals surface area contributed by atoms with E-state index >= 15 is 0 Å². The van der Waals surface area contributed by atoms with Gasteiger partial charge in [-0.3, -0.25) is 4.79 Å². The van der Waals surface area contributed by atoms with Crippen LogP contribution in [0.1, 0.15) is 23.9 Å². The fraction of sp³-hybridized carbons (Fsp3) is 0.375.